The molecule has 0 spiro atoms. The van der Waals surface area contributed by atoms with Gasteiger partial charge in [0.05, 0.1) is 7.11 Å². The van der Waals surface area contributed by atoms with Gasteiger partial charge in [0.15, 0.2) is 0 Å². The minimum atomic E-state index is -3.59. The van der Waals surface area contributed by atoms with Gasteiger partial charge in [0, 0.05) is 31.4 Å². The van der Waals surface area contributed by atoms with E-state index in [1.165, 1.54) is 17.5 Å². The molecule has 0 saturated carbocycles. The fraction of sp³-hybridized carbons (Fsp3) is 0.571. The van der Waals surface area contributed by atoms with Gasteiger partial charge in [0.1, 0.15) is 10.6 Å². The number of nitrogens with two attached hydrogens (primary N) is 1. The largest absolute Gasteiger partial charge is 0.495 e. The summed E-state index contributed by atoms with van der Waals surface area (Å²) in [5.74, 6) is 0.330. The molecule has 1 atom stereocenters. The predicted molar refractivity (Wildman–Crippen MR) is 82.9 cm³/mol. The van der Waals surface area contributed by atoms with Crippen LogP contribution in [0.25, 0.3) is 0 Å². The smallest absolute Gasteiger partial charge is 0.246 e. The number of ether oxygens (including phenoxy) is 1. The van der Waals surface area contributed by atoms with Crippen molar-refractivity contribution in [1.82, 2.24) is 9.21 Å². The van der Waals surface area contributed by atoms with Crippen molar-refractivity contribution in [1.29, 1.82) is 0 Å². The van der Waals surface area contributed by atoms with Gasteiger partial charge in [-0.25, -0.2) is 8.42 Å². The van der Waals surface area contributed by atoms with Gasteiger partial charge in [-0.3, -0.25) is 0 Å². The van der Waals surface area contributed by atoms with Gasteiger partial charge in [0.25, 0.3) is 0 Å². The average Bonchev–Trinajstić information content (AvgIpc) is 2.47. The predicted octanol–water partition coefficient (Wildman–Crippen LogP) is 0.992. The highest BCUT2D eigenvalue weighted by atomic mass is 32.2. The molecule has 2 rings (SSSR count). The summed E-state index contributed by atoms with van der Waals surface area (Å²) in [4.78, 5) is 2.34. The maximum atomic E-state index is 12.9. The Kier molecular flexibility index (Phi) is 4.75. The molecular formula is C14H23N3O3S. The topological polar surface area (TPSA) is 75.9 Å². The second-order valence-electron chi connectivity index (χ2n) is 5.32. The molecule has 1 unspecified atom stereocenters. The van der Waals surface area contributed by atoms with Crippen LogP contribution in [0.5, 0.6) is 5.75 Å². The summed E-state index contributed by atoms with van der Waals surface area (Å²) < 4.78 is 32.4. The second kappa shape index (κ2) is 6.21. The molecule has 0 aliphatic carbocycles. The molecule has 1 aromatic carbocycles. The average molecular weight is 313 g/mol. The number of nitrogen functional groups attached to an aromatic ring is 1. The summed E-state index contributed by atoms with van der Waals surface area (Å²) in [6.07, 6.45) is 0.913. The van der Waals surface area contributed by atoms with Crippen molar-refractivity contribution in [2.24, 2.45) is 0 Å². The van der Waals surface area contributed by atoms with Crippen molar-refractivity contribution in [2.45, 2.75) is 24.3 Å². The van der Waals surface area contributed by atoms with Crippen molar-refractivity contribution >= 4 is 15.7 Å². The van der Waals surface area contributed by atoms with Crippen LogP contribution >= 0.6 is 0 Å². The Balaban J connectivity index is 2.36. The molecule has 1 aliphatic rings. The van der Waals surface area contributed by atoms with Crippen molar-refractivity contribution < 1.29 is 13.2 Å². The number of piperazine rings is 1. The van der Waals surface area contributed by atoms with Crippen LogP contribution in [0.1, 0.15) is 13.3 Å². The zero-order chi connectivity index (χ0) is 15.6. The zero-order valence-electron chi connectivity index (χ0n) is 12.7. The van der Waals surface area contributed by atoms with Gasteiger partial charge < -0.3 is 15.4 Å². The van der Waals surface area contributed by atoms with Crippen molar-refractivity contribution in [3.63, 3.8) is 0 Å². The standard InChI is InChI=1S/C14H23N3O3S/c1-4-12-10-17(8-7-16(12)2)21(18,19)14-9-11(15)5-6-13(14)20-3/h5-6,9,12H,4,7-8,10,15H2,1-3H3. The summed E-state index contributed by atoms with van der Waals surface area (Å²) in [6.45, 7) is 3.77. The number of benzene rings is 1. The second-order valence-corrected chi connectivity index (χ2v) is 7.22. The first-order valence-corrected chi connectivity index (χ1v) is 8.48. The molecule has 118 valence electrons. The monoisotopic (exact) mass is 313 g/mol. The molecule has 2 N–H and O–H groups in total. The number of rotatable bonds is 4. The van der Waals surface area contributed by atoms with E-state index in [0.717, 1.165) is 13.0 Å². The molecule has 21 heavy (non-hydrogen) atoms. The number of anilines is 1. The van der Waals surface area contributed by atoms with E-state index in [0.29, 0.717) is 24.5 Å². The van der Waals surface area contributed by atoms with Crippen molar-refractivity contribution in [2.75, 3.05) is 39.5 Å². The van der Waals surface area contributed by atoms with E-state index in [1.54, 1.807) is 12.1 Å². The van der Waals surface area contributed by atoms with Gasteiger partial charge in [-0.15, -0.1) is 0 Å². The van der Waals surface area contributed by atoms with E-state index >= 15 is 0 Å². The number of hydrogen-bond donors (Lipinski definition) is 1. The molecule has 1 heterocycles. The van der Waals surface area contributed by atoms with Gasteiger partial charge in [-0.1, -0.05) is 6.92 Å². The molecule has 1 saturated heterocycles. The van der Waals surface area contributed by atoms with E-state index < -0.39 is 10.0 Å². The Morgan fingerprint density at radius 3 is 2.71 bits per heavy atom. The van der Waals surface area contributed by atoms with Crippen LogP contribution in [-0.2, 0) is 10.0 Å². The van der Waals surface area contributed by atoms with E-state index in [1.807, 2.05) is 7.05 Å². The summed E-state index contributed by atoms with van der Waals surface area (Å²) in [6, 6.07) is 4.93. The van der Waals surface area contributed by atoms with Gasteiger partial charge in [-0.05, 0) is 31.7 Å². The van der Waals surface area contributed by atoms with E-state index in [4.69, 9.17) is 10.5 Å². The lowest BCUT2D eigenvalue weighted by molar-refractivity contribution is 0.144. The van der Waals surface area contributed by atoms with Crippen LogP contribution in [0.4, 0.5) is 5.69 Å². The lowest BCUT2D eigenvalue weighted by Gasteiger charge is -2.38. The van der Waals surface area contributed by atoms with Crippen molar-refractivity contribution in [3.8, 4) is 5.75 Å². The minimum absolute atomic E-state index is 0.143. The molecule has 1 aromatic rings. The third-order valence-electron chi connectivity index (χ3n) is 4.02. The number of sulfonamides is 1. The summed E-state index contributed by atoms with van der Waals surface area (Å²) in [5, 5.41) is 0. The molecule has 0 amide bonds. The van der Waals surface area contributed by atoms with Crippen LogP contribution in [-0.4, -0.2) is 57.5 Å². The van der Waals surface area contributed by atoms with Crippen LogP contribution in [0.3, 0.4) is 0 Å². The molecule has 6 nitrogen and oxygen atoms in total. The third-order valence-corrected chi connectivity index (χ3v) is 5.90. The molecule has 1 aliphatic heterocycles. The maximum absolute atomic E-state index is 12.9. The molecular weight excluding hydrogens is 290 g/mol. The number of nitrogens with zero attached hydrogens (tertiary/aromatic N) is 2. The Bertz CT molecular complexity index is 603. The van der Waals surface area contributed by atoms with Crippen LogP contribution in [0, 0.1) is 0 Å². The summed E-state index contributed by atoms with van der Waals surface area (Å²) in [5.41, 5.74) is 6.15. The minimum Gasteiger partial charge on any atom is -0.495 e. The highest BCUT2D eigenvalue weighted by molar-refractivity contribution is 7.89. The number of hydrogen-bond acceptors (Lipinski definition) is 5. The van der Waals surface area contributed by atoms with Crippen LogP contribution in [0.2, 0.25) is 0 Å². The van der Waals surface area contributed by atoms with E-state index in [9.17, 15) is 8.42 Å². The molecule has 0 aromatic heterocycles. The lowest BCUT2D eigenvalue weighted by Crippen LogP contribution is -2.52. The summed E-state index contributed by atoms with van der Waals surface area (Å²) >= 11 is 0. The Labute approximate surface area is 126 Å². The first-order valence-electron chi connectivity index (χ1n) is 7.04. The fourth-order valence-electron chi connectivity index (χ4n) is 2.61. The normalized spacial score (nSPS) is 21.4. The Morgan fingerprint density at radius 2 is 2.10 bits per heavy atom. The Hall–Kier alpha value is -1.31. The van der Waals surface area contributed by atoms with E-state index in [-0.39, 0.29) is 10.9 Å². The van der Waals surface area contributed by atoms with Gasteiger partial charge in [0.2, 0.25) is 10.0 Å². The first-order chi connectivity index (χ1) is 9.90. The van der Waals surface area contributed by atoms with E-state index in [2.05, 4.69) is 11.8 Å². The quantitative estimate of drug-likeness (QED) is 0.839. The van der Waals surface area contributed by atoms with Crippen LogP contribution < -0.4 is 10.5 Å². The number of methoxy groups -OCH3 is 1. The molecule has 0 bridgehead atoms. The van der Waals surface area contributed by atoms with Crippen molar-refractivity contribution in [3.05, 3.63) is 18.2 Å². The highest BCUT2D eigenvalue weighted by Gasteiger charge is 2.33. The maximum Gasteiger partial charge on any atom is 0.246 e. The molecule has 0 radical (unpaired) electrons. The van der Waals surface area contributed by atoms with Crippen LogP contribution in [0.15, 0.2) is 23.1 Å². The summed E-state index contributed by atoms with van der Waals surface area (Å²) in [7, 11) is -0.103. The molecule has 1 fully saturated rings. The highest BCUT2D eigenvalue weighted by Crippen LogP contribution is 2.30. The fourth-order valence-corrected chi connectivity index (χ4v) is 4.27. The van der Waals surface area contributed by atoms with Gasteiger partial charge >= 0.3 is 0 Å². The third kappa shape index (κ3) is 3.14. The lowest BCUT2D eigenvalue weighted by atomic mass is 10.1. The number of likely N-dealkylation sites (N-methyl/N-ethyl adjacent to an activating group) is 1. The first kappa shape index (κ1) is 16.1. The van der Waals surface area contributed by atoms with Gasteiger partial charge in [-0.2, -0.15) is 4.31 Å². The molecule has 7 heteroatoms. The zero-order valence-corrected chi connectivity index (χ0v) is 13.6. The Morgan fingerprint density at radius 1 is 1.38 bits per heavy atom. The SMILES string of the molecule is CCC1CN(S(=O)(=O)c2cc(N)ccc2OC)CCN1C.